The minimum Gasteiger partial charge on any atom is -0.768 e. The second kappa shape index (κ2) is 4.34. The van der Waals surface area contributed by atoms with Gasteiger partial charge in [0.25, 0.3) is 0 Å². The molecule has 0 saturated carbocycles. The average molecular weight is 189 g/mol. The normalized spacial score (nSPS) is 13.2. The summed E-state index contributed by atoms with van der Waals surface area (Å²) in [5.41, 5.74) is 0. The molecule has 6 heteroatoms. The molecule has 68 valence electrons. The van der Waals surface area contributed by atoms with E-state index in [-0.39, 0.29) is 4.90 Å². The first-order chi connectivity index (χ1) is 5.74. The molecule has 1 atom stereocenters. The van der Waals surface area contributed by atoms with Crippen molar-refractivity contribution in [2.45, 2.75) is 11.4 Å². The summed E-state index contributed by atoms with van der Waals surface area (Å²) in [5, 5.41) is 3.82. The zero-order valence-electron chi connectivity index (χ0n) is 6.60. The Balaban J connectivity index is 2.58. The Bertz CT molecular complexity index is 274. The van der Waals surface area contributed by atoms with Crippen molar-refractivity contribution in [3.05, 3.63) is 12.4 Å². The minimum absolute atomic E-state index is 0.200. The monoisotopic (exact) mass is 189 g/mol. The van der Waals surface area contributed by atoms with Crippen LogP contribution in [0.15, 0.2) is 17.3 Å². The van der Waals surface area contributed by atoms with Crippen LogP contribution in [0.1, 0.15) is 0 Å². The first-order valence-corrected chi connectivity index (χ1v) is 4.42. The first-order valence-electron chi connectivity index (χ1n) is 3.34. The van der Waals surface area contributed by atoms with Crippen LogP contribution in [-0.4, -0.2) is 32.3 Å². The fourth-order valence-corrected chi connectivity index (χ4v) is 1.08. The molecule has 1 aromatic rings. The highest BCUT2D eigenvalue weighted by molar-refractivity contribution is 7.79. The van der Waals surface area contributed by atoms with E-state index in [4.69, 9.17) is 4.74 Å². The molecule has 0 radical (unpaired) electrons. The number of aromatic nitrogens is 2. The van der Waals surface area contributed by atoms with E-state index in [0.29, 0.717) is 13.2 Å². The Hall–Kier alpha value is -0.720. The van der Waals surface area contributed by atoms with E-state index in [0.717, 1.165) is 0 Å². The molecule has 0 aliphatic rings. The number of ether oxygens (including phenoxy) is 1. The molecule has 0 N–H and O–H groups in total. The molecular weight excluding hydrogens is 180 g/mol. The van der Waals surface area contributed by atoms with E-state index in [2.05, 4.69) is 5.10 Å². The predicted molar refractivity (Wildman–Crippen MR) is 41.3 cm³/mol. The van der Waals surface area contributed by atoms with Gasteiger partial charge in [-0.05, 0) is 11.1 Å². The summed E-state index contributed by atoms with van der Waals surface area (Å²) >= 11 is -2.19. The molecule has 0 aliphatic heterocycles. The van der Waals surface area contributed by atoms with Crippen LogP contribution in [0.5, 0.6) is 0 Å². The number of methoxy groups -OCH3 is 1. The summed E-state index contributed by atoms with van der Waals surface area (Å²) in [5.74, 6) is 0. The summed E-state index contributed by atoms with van der Waals surface area (Å²) < 4.78 is 27.1. The summed E-state index contributed by atoms with van der Waals surface area (Å²) in [6, 6.07) is 0. The van der Waals surface area contributed by atoms with Crippen molar-refractivity contribution in [2.24, 2.45) is 0 Å². The van der Waals surface area contributed by atoms with Crippen LogP contribution in [0.3, 0.4) is 0 Å². The Morgan fingerprint density at radius 1 is 1.83 bits per heavy atom. The van der Waals surface area contributed by atoms with E-state index >= 15 is 0 Å². The van der Waals surface area contributed by atoms with Gasteiger partial charge in [0, 0.05) is 13.3 Å². The molecular formula is C6H9N2O3S-. The van der Waals surface area contributed by atoms with E-state index in [9.17, 15) is 8.76 Å². The van der Waals surface area contributed by atoms with Gasteiger partial charge in [0.05, 0.1) is 24.2 Å². The van der Waals surface area contributed by atoms with Crippen molar-refractivity contribution < 1.29 is 13.5 Å². The van der Waals surface area contributed by atoms with E-state index in [1.54, 1.807) is 7.11 Å². The van der Waals surface area contributed by atoms with Gasteiger partial charge in [-0.2, -0.15) is 5.10 Å². The summed E-state index contributed by atoms with van der Waals surface area (Å²) in [6.07, 6.45) is 2.76. The Morgan fingerprint density at radius 2 is 2.58 bits per heavy atom. The number of rotatable bonds is 4. The Labute approximate surface area is 72.6 Å². The lowest BCUT2D eigenvalue weighted by Gasteiger charge is -1.99. The third-order valence-corrected chi connectivity index (χ3v) is 1.92. The lowest BCUT2D eigenvalue weighted by atomic mass is 10.7. The van der Waals surface area contributed by atoms with E-state index < -0.39 is 11.1 Å². The zero-order valence-corrected chi connectivity index (χ0v) is 7.41. The van der Waals surface area contributed by atoms with Gasteiger partial charge in [-0.15, -0.1) is 0 Å². The highest BCUT2D eigenvalue weighted by Crippen LogP contribution is 2.01. The number of hydrogen-bond acceptors (Lipinski definition) is 4. The molecule has 0 saturated heterocycles. The van der Waals surface area contributed by atoms with Crippen molar-refractivity contribution in [1.82, 2.24) is 9.78 Å². The van der Waals surface area contributed by atoms with Crippen LogP contribution in [-0.2, 0) is 22.4 Å². The molecule has 12 heavy (non-hydrogen) atoms. The molecule has 1 rings (SSSR count). The van der Waals surface area contributed by atoms with E-state index in [1.165, 1.54) is 17.1 Å². The third-order valence-electron chi connectivity index (χ3n) is 1.33. The van der Waals surface area contributed by atoms with Crippen LogP contribution in [0.2, 0.25) is 0 Å². The second-order valence-corrected chi connectivity index (χ2v) is 3.11. The lowest BCUT2D eigenvalue weighted by Crippen LogP contribution is -2.03. The van der Waals surface area contributed by atoms with Gasteiger partial charge in [0.1, 0.15) is 0 Å². The highest BCUT2D eigenvalue weighted by Gasteiger charge is 1.97. The van der Waals surface area contributed by atoms with Crippen LogP contribution in [0.4, 0.5) is 0 Å². The molecule has 1 aromatic heterocycles. The van der Waals surface area contributed by atoms with Crippen molar-refractivity contribution >= 4 is 11.1 Å². The Kier molecular flexibility index (Phi) is 3.39. The molecule has 0 amide bonds. The SMILES string of the molecule is COCCn1cc(S(=O)[O-])cn1. The summed E-state index contributed by atoms with van der Waals surface area (Å²) in [6.45, 7) is 1.08. The molecule has 1 unspecified atom stereocenters. The molecule has 0 spiro atoms. The maximum Gasteiger partial charge on any atom is 0.0658 e. The highest BCUT2D eigenvalue weighted by atomic mass is 32.2. The maximum atomic E-state index is 10.4. The van der Waals surface area contributed by atoms with Crippen LogP contribution in [0, 0.1) is 0 Å². The zero-order chi connectivity index (χ0) is 8.97. The summed E-state index contributed by atoms with van der Waals surface area (Å²) in [7, 11) is 1.58. The minimum atomic E-state index is -2.19. The van der Waals surface area contributed by atoms with Crippen molar-refractivity contribution in [3.63, 3.8) is 0 Å². The second-order valence-electron chi connectivity index (χ2n) is 2.17. The average Bonchev–Trinajstić information content (AvgIpc) is 2.48. The third kappa shape index (κ3) is 2.40. The van der Waals surface area contributed by atoms with Gasteiger partial charge in [0.2, 0.25) is 0 Å². The predicted octanol–water partition coefficient (Wildman–Crippen LogP) is -0.232. The molecule has 0 aromatic carbocycles. The lowest BCUT2D eigenvalue weighted by molar-refractivity contribution is 0.183. The van der Waals surface area contributed by atoms with Gasteiger partial charge in [0.15, 0.2) is 0 Å². The molecule has 0 fully saturated rings. The van der Waals surface area contributed by atoms with Gasteiger partial charge >= 0.3 is 0 Å². The van der Waals surface area contributed by atoms with Crippen LogP contribution >= 0.6 is 0 Å². The molecule has 0 aliphatic carbocycles. The quantitative estimate of drug-likeness (QED) is 0.613. The fraction of sp³-hybridized carbons (Fsp3) is 0.500. The Morgan fingerprint density at radius 3 is 3.08 bits per heavy atom. The summed E-state index contributed by atoms with van der Waals surface area (Å²) in [4.78, 5) is 0.200. The molecule has 1 heterocycles. The van der Waals surface area contributed by atoms with Gasteiger partial charge in [-0.3, -0.25) is 8.89 Å². The standard InChI is InChI=1S/C6H10N2O3S/c1-11-3-2-8-5-6(4-7-8)12(9)10/h4-5H,2-3H2,1H3,(H,9,10)/p-1. The van der Waals surface area contributed by atoms with Gasteiger partial charge in [-0.1, -0.05) is 0 Å². The number of nitrogens with zero attached hydrogens (tertiary/aromatic N) is 2. The van der Waals surface area contributed by atoms with E-state index in [1.807, 2.05) is 0 Å². The van der Waals surface area contributed by atoms with Crippen LogP contribution < -0.4 is 0 Å². The van der Waals surface area contributed by atoms with Crippen LogP contribution in [0.25, 0.3) is 0 Å². The molecule has 0 bridgehead atoms. The van der Waals surface area contributed by atoms with Gasteiger partial charge < -0.3 is 9.29 Å². The first kappa shape index (κ1) is 9.37. The largest absolute Gasteiger partial charge is 0.768 e. The fourth-order valence-electron chi connectivity index (χ4n) is 0.738. The van der Waals surface area contributed by atoms with Crippen molar-refractivity contribution in [2.75, 3.05) is 13.7 Å². The van der Waals surface area contributed by atoms with Gasteiger partial charge in [-0.25, -0.2) is 0 Å². The maximum absolute atomic E-state index is 10.4. The van der Waals surface area contributed by atoms with Crippen molar-refractivity contribution in [3.8, 4) is 0 Å². The molecule has 5 nitrogen and oxygen atoms in total. The number of hydrogen-bond donors (Lipinski definition) is 0. The van der Waals surface area contributed by atoms with Crippen molar-refractivity contribution in [1.29, 1.82) is 0 Å². The topological polar surface area (TPSA) is 67.2 Å². The smallest absolute Gasteiger partial charge is 0.0658 e.